The summed E-state index contributed by atoms with van der Waals surface area (Å²) in [5.41, 5.74) is 1.42. The highest BCUT2D eigenvalue weighted by atomic mass is 16.5. The van der Waals surface area contributed by atoms with Gasteiger partial charge in [0.05, 0.1) is 12.7 Å². The van der Waals surface area contributed by atoms with E-state index in [0.717, 1.165) is 57.7 Å². The molecule has 1 atom stereocenters. The van der Waals surface area contributed by atoms with Gasteiger partial charge in [0.1, 0.15) is 6.61 Å². The van der Waals surface area contributed by atoms with Gasteiger partial charge >= 0.3 is 0 Å². The van der Waals surface area contributed by atoms with Gasteiger partial charge in [-0.2, -0.15) is 0 Å². The van der Waals surface area contributed by atoms with Crippen molar-refractivity contribution in [3.63, 3.8) is 0 Å². The maximum atomic E-state index is 12.2. The van der Waals surface area contributed by atoms with Crippen LogP contribution >= 0.6 is 0 Å². The molecule has 2 saturated heterocycles. The van der Waals surface area contributed by atoms with E-state index < -0.39 is 0 Å². The van der Waals surface area contributed by atoms with Gasteiger partial charge in [0.25, 0.3) is 0 Å². The van der Waals surface area contributed by atoms with Crippen LogP contribution in [0, 0.1) is 5.92 Å². The highest BCUT2D eigenvalue weighted by molar-refractivity contribution is 5.77. The van der Waals surface area contributed by atoms with Gasteiger partial charge in [0.15, 0.2) is 0 Å². The molecule has 2 aliphatic rings. The molecule has 132 valence electrons. The van der Waals surface area contributed by atoms with Crippen LogP contribution in [0.2, 0.25) is 0 Å². The topological polar surface area (TPSA) is 38.8 Å². The lowest BCUT2D eigenvalue weighted by Gasteiger charge is -2.32. The van der Waals surface area contributed by atoms with Crippen LogP contribution in [0.25, 0.3) is 0 Å². The maximum Gasteiger partial charge on any atom is 0.248 e. The predicted molar refractivity (Wildman–Crippen MR) is 93.9 cm³/mol. The molecule has 3 rings (SSSR count). The van der Waals surface area contributed by atoms with Crippen LogP contribution in [0.15, 0.2) is 30.3 Å². The monoisotopic (exact) mass is 331 g/mol. The van der Waals surface area contributed by atoms with Gasteiger partial charge in [-0.05, 0) is 50.0 Å². The highest BCUT2D eigenvalue weighted by Crippen LogP contribution is 2.22. The molecule has 24 heavy (non-hydrogen) atoms. The first kappa shape index (κ1) is 17.4. The molecule has 1 amide bonds. The predicted octanol–water partition coefficient (Wildman–Crippen LogP) is 3.05. The molecule has 4 heteroatoms. The molecule has 0 saturated carbocycles. The third kappa shape index (κ3) is 5.32. The average molecular weight is 331 g/mol. The summed E-state index contributed by atoms with van der Waals surface area (Å²) in [5, 5.41) is 0. The molecular formula is C20H29NO3. The van der Waals surface area contributed by atoms with E-state index in [4.69, 9.17) is 9.47 Å². The minimum atomic E-state index is 0.134. The van der Waals surface area contributed by atoms with E-state index in [-0.39, 0.29) is 18.6 Å². The van der Waals surface area contributed by atoms with E-state index in [9.17, 15) is 4.79 Å². The Morgan fingerprint density at radius 1 is 1.17 bits per heavy atom. The first-order valence-electron chi connectivity index (χ1n) is 9.32. The number of carbonyl (C=O) groups is 1. The summed E-state index contributed by atoms with van der Waals surface area (Å²) in [6.45, 7) is 3.34. The first-order chi connectivity index (χ1) is 11.8. The summed E-state index contributed by atoms with van der Waals surface area (Å²) in [7, 11) is 0. The minimum absolute atomic E-state index is 0.134. The summed E-state index contributed by atoms with van der Waals surface area (Å²) in [6.07, 6.45) is 6.96. The Labute approximate surface area is 145 Å². The number of carbonyl (C=O) groups excluding carboxylic acids is 1. The quantitative estimate of drug-likeness (QED) is 0.771. The molecule has 2 heterocycles. The summed E-state index contributed by atoms with van der Waals surface area (Å²) in [5.74, 6) is 0.872. The molecule has 0 radical (unpaired) electrons. The van der Waals surface area contributed by atoms with E-state index in [2.05, 4.69) is 30.3 Å². The number of ether oxygens (including phenoxy) is 2. The van der Waals surface area contributed by atoms with Crippen molar-refractivity contribution in [3.8, 4) is 0 Å². The second-order valence-corrected chi connectivity index (χ2v) is 7.00. The summed E-state index contributed by atoms with van der Waals surface area (Å²) >= 11 is 0. The van der Waals surface area contributed by atoms with E-state index in [1.807, 2.05) is 4.90 Å². The molecule has 0 N–H and O–H groups in total. The number of piperidine rings is 1. The third-order valence-electron chi connectivity index (χ3n) is 5.20. The van der Waals surface area contributed by atoms with Crippen molar-refractivity contribution >= 4 is 5.91 Å². The molecule has 2 fully saturated rings. The second kappa shape index (κ2) is 9.19. The lowest BCUT2D eigenvalue weighted by atomic mass is 9.90. The molecule has 2 aliphatic heterocycles. The number of hydrogen-bond donors (Lipinski definition) is 0. The normalized spacial score (nSPS) is 22.0. The van der Waals surface area contributed by atoms with E-state index in [1.54, 1.807) is 0 Å². The number of nitrogens with zero attached hydrogens (tertiary/aromatic N) is 1. The van der Waals surface area contributed by atoms with Crippen LogP contribution in [0.3, 0.4) is 0 Å². The largest absolute Gasteiger partial charge is 0.376 e. The number of likely N-dealkylation sites (tertiary alicyclic amines) is 1. The van der Waals surface area contributed by atoms with Crippen molar-refractivity contribution in [1.29, 1.82) is 0 Å². The van der Waals surface area contributed by atoms with E-state index in [0.29, 0.717) is 6.61 Å². The molecule has 0 aliphatic carbocycles. The number of aryl methyl sites for hydroxylation is 1. The maximum absolute atomic E-state index is 12.2. The van der Waals surface area contributed by atoms with Gasteiger partial charge in [-0.15, -0.1) is 0 Å². The van der Waals surface area contributed by atoms with Crippen molar-refractivity contribution in [2.24, 2.45) is 5.92 Å². The fraction of sp³-hybridized carbons (Fsp3) is 0.650. The average Bonchev–Trinajstić information content (AvgIpc) is 3.15. The van der Waals surface area contributed by atoms with Crippen molar-refractivity contribution in [1.82, 2.24) is 4.90 Å². The van der Waals surface area contributed by atoms with Gasteiger partial charge in [-0.3, -0.25) is 4.79 Å². The smallest absolute Gasteiger partial charge is 0.248 e. The van der Waals surface area contributed by atoms with Crippen LogP contribution in [0.1, 0.15) is 37.7 Å². The third-order valence-corrected chi connectivity index (χ3v) is 5.20. The molecule has 1 aromatic rings. The van der Waals surface area contributed by atoms with Gasteiger partial charge in [-0.1, -0.05) is 30.3 Å². The summed E-state index contributed by atoms with van der Waals surface area (Å²) in [4.78, 5) is 14.2. The van der Waals surface area contributed by atoms with E-state index >= 15 is 0 Å². The van der Waals surface area contributed by atoms with Crippen LogP contribution in [-0.4, -0.2) is 49.8 Å². The molecule has 1 aromatic carbocycles. The van der Waals surface area contributed by atoms with Crippen LogP contribution < -0.4 is 0 Å². The second-order valence-electron chi connectivity index (χ2n) is 7.00. The Morgan fingerprint density at radius 2 is 1.96 bits per heavy atom. The first-order valence-corrected chi connectivity index (χ1v) is 9.32. The molecule has 4 nitrogen and oxygen atoms in total. The fourth-order valence-corrected chi connectivity index (χ4v) is 3.63. The number of benzene rings is 1. The Hall–Kier alpha value is -1.39. The van der Waals surface area contributed by atoms with Crippen molar-refractivity contribution < 1.29 is 14.3 Å². The van der Waals surface area contributed by atoms with Crippen LogP contribution in [-0.2, 0) is 20.7 Å². The lowest BCUT2D eigenvalue weighted by molar-refractivity contribution is -0.138. The molecular weight excluding hydrogens is 302 g/mol. The number of amides is 1. The Bertz CT molecular complexity index is 491. The summed E-state index contributed by atoms with van der Waals surface area (Å²) < 4.78 is 11.1. The zero-order chi connectivity index (χ0) is 16.6. The highest BCUT2D eigenvalue weighted by Gasteiger charge is 2.23. The number of hydrogen-bond acceptors (Lipinski definition) is 3. The molecule has 0 spiro atoms. The van der Waals surface area contributed by atoms with Crippen LogP contribution in [0.4, 0.5) is 0 Å². The Kier molecular flexibility index (Phi) is 6.67. The van der Waals surface area contributed by atoms with Gasteiger partial charge in [0, 0.05) is 19.7 Å². The minimum Gasteiger partial charge on any atom is -0.376 e. The fourth-order valence-electron chi connectivity index (χ4n) is 3.63. The zero-order valence-corrected chi connectivity index (χ0v) is 14.5. The lowest BCUT2D eigenvalue weighted by Crippen LogP contribution is -2.40. The number of rotatable bonds is 7. The van der Waals surface area contributed by atoms with Crippen LogP contribution in [0.5, 0.6) is 0 Å². The van der Waals surface area contributed by atoms with Gasteiger partial charge in [0.2, 0.25) is 5.91 Å². The Morgan fingerprint density at radius 3 is 2.67 bits per heavy atom. The van der Waals surface area contributed by atoms with Gasteiger partial charge in [-0.25, -0.2) is 0 Å². The van der Waals surface area contributed by atoms with Gasteiger partial charge < -0.3 is 14.4 Å². The zero-order valence-electron chi connectivity index (χ0n) is 14.5. The molecule has 0 bridgehead atoms. The van der Waals surface area contributed by atoms with Crippen molar-refractivity contribution in [2.75, 3.05) is 32.9 Å². The van der Waals surface area contributed by atoms with Crippen molar-refractivity contribution in [2.45, 2.75) is 44.6 Å². The Balaban J connectivity index is 1.30. The van der Waals surface area contributed by atoms with E-state index in [1.165, 1.54) is 12.0 Å². The summed E-state index contributed by atoms with van der Waals surface area (Å²) in [6, 6.07) is 10.7. The molecule has 0 aromatic heterocycles. The van der Waals surface area contributed by atoms with Crippen molar-refractivity contribution in [3.05, 3.63) is 35.9 Å². The SMILES string of the molecule is O=C(COC[C@@H]1CCCO1)N1CCC(CCc2ccccc2)CC1. The standard InChI is InChI=1S/C20H29NO3/c22-20(16-23-15-19-7-4-14-24-19)21-12-10-18(11-13-21)9-8-17-5-2-1-3-6-17/h1-3,5-6,18-19H,4,7-16H2/t19-/m0/s1. The molecule has 0 unspecified atom stereocenters.